The smallest absolute Gasteiger partial charge is 0.190 e. The van der Waals surface area contributed by atoms with Crippen molar-refractivity contribution in [1.82, 2.24) is 0 Å². The van der Waals surface area contributed by atoms with Crippen molar-refractivity contribution in [1.29, 1.82) is 0 Å². The van der Waals surface area contributed by atoms with Crippen LogP contribution in [0.25, 0.3) is 0 Å². The molecule has 3 aliphatic rings. The van der Waals surface area contributed by atoms with E-state index in [1.54, 1.807) is 13.8 Å². The molecular formula is C10H16O6. The van der Waals surface area contributed by atoms with E-state index in [4.69, 9.17) is 18.9 Å². The first-order valence-electron chi connectivity index (χ1n) is 5.49. The highest BCUT2D eigenvalue weighted by molar-refractivity contribution is 4.99. The quantitative estimate of drug-likeness (QED) is 0.577. The van der Waals surface area contributed by atoms with Gasteiger partial charge in [-0.05, 0) is 13.8 Å². The maximum absolute atomic E-state index is 9.76. The fourth-order valence-electron chi connectivity index (χ4n) is 2.55. The maximum atomic E-state index is 9.76. The molecule has 0 aliphatic carbocycles. The molecule has 6 nitrogen and oxygen atoms in total. The summed E-state index contributed by atoms with van der Waals surface area (Å²) >= 11 is 0. The fourth-order valence-corrected chi connectivity index (χ4v) is 2.55. The zero-order chi connectivity index (χ0) is 11.5. The van der Waals surface area contributed by atoms with Crippen molar-refractivity contribution in [3.05, 3.63) is 0 Å². The van der Waals surface area contributed by atoms with Crippen LogP contribution in [0.3, 0.4) is 0 Å². The number of hydrogen-bond acceptors (Lipinski definition) is 6. The highest BCUT2D eigenvalue weighted by atomic mass is 16.8. The molecule has 0 bridgehead atoms. The molecule has 3 rings (SSSR count). The van der Waals surface area contributed by atoms with Gasteiger partial charge < -0.3 is 29.2 Å². The number of rotatable bonds is 0. The Morgan fingerprint density at radius 1 is 1.00 bits per heavy atom. The molecule has 2 N–H and O–H groups in total. The molecule has 0 unspecified atom stereocenters. The molecule has 0 aromatic rings. The first kappa shape index (κ1) is 10.9. The number of fused-ring (bicyclic) bond motifs is 3. The Morgan fingerprint density at radius 3 is 2.50 bits per heavy atom. The zero-order valence-electron chi connectivity index (χ0n) is 9.20. The van der Waals surface area contributed by atoms with Crippen LogP contribution in [0.2, 0.25) is 0 Å². The standard InChI is InChI=1S/C10H16O6/c1-10(2)15-8-7-6(14-9(8)16-10)4(11)3-5(12)13-7/h4-9,11-12H,3H2,1-2H3/t4-,5+,6+,7+,8-,9-/m0/s1. The highest BCUT2D eigenvalue weighted by Gasteiger charge is 2.59. The van der Waals surface area contributed by atoms with Gasteiger partial charge in [-0.2, -0.15) is 0 Å². The number of ether oxygens (including phenoxy) is 4. The van der Waals surface area contributed by atoms with Gasteiger partial charge in [0.1, 0.15) is 18.3 Å². The molecule has 0 spiro atoms. The van der Waals surface area contributed by atoms with Gasteiger partial charge in [-0.3, -0.25) is 0 Å². The summed E-state index contributed by atoms with van der Waals surface area (Å²) < 4.78 is 22.1. The largest absolute Gasteiger partial charge is 0.390 e. The van der Waals surface area contributed by atoms with Gasteiger partial charge in [0.05, 0.1) is 6.10 Å². The first-order chi connectivity index (χ1) is 7.46. The molecule has 3 heterocycles. The summed E-state index contributed by atoms with van der Waals surface area (Å²) in [7, 11) is 0. The van der Waals surface area contributed by atoms with E-state index in [2.05, 4.69) is 0 Å². The summed E-state index contributed by atoms with van der Waals surface area (Å²) in [6, 6.07) is 0. The summed E-state index contributed by atoms with van der Waals surface area (Å²) in [6.07, 6.45) is -3.40. The van der Waals surface area contributed by atoms with Gasteiger partial charge in [-0.1, -0.05) is 0 Å². The highest BCUT2D eigenvalue weighted by Crippen LogP contribution is 2.42. The normalized spacial score (nSPS) is 54.8. The maximum Gasteiger partial charge on any atom is 0.190 e. The number of aliphatic hydroxyl groups excluding tert-OH is 2. The van der Waals surface area contributed by atoms with E-state index in [0.29, 0.717) is 0 Å². The van der Waals surface area contributed by atoms with Gasteiger partial charge in [-0.25, -0.2) is 0 Å². The average Bonchev–Trinajstić information content (AvgIpc) is 2.59. The van der Waals surface area contributed by atoms with Crippen molar-refractivity contribution in [2.45, 2.75) is 63.1 Å². The number of hydrogen-bond donors (Lipinski definition) is 2. The Hall–Kier alpha value is -0.240. The van der Waals surface area contributed by atoms with Crippen LogP contribution in [-0.2, 0) is 18.9 Å². The van der Waals surface area contributed by atoms with Crippen LogP contribution in [-0.4, -0.2) is 53.0 Å². The molecule has 0 aromatic heterocycles. The van der Waals surface area contributed by atoms with Gasteiger partial charge in [0, 0.05) is 6.42 Å². The van der Waals surface area contributed by atoms with Gasteiger partial charge in [-0.15, -0.1) is 0 Å². The lowest BCUT2D eigenvalue weighted by molar-refractivity contribution is -0.271. The summed E-state index contributed by atoms with van der Waals surface area (Å²) in [6.45, 7) is 3.58. The van der Waals surface area contributed by atoms with Crippen LogP contribution in [0.5, 0.6) is 0 Å². The Balaban J connectivity index is 1.80. The van der Waals surface area contributed by atoms with Crippen LogP contribution in [0.1, 0.15) is 20.3 Å². The third-order valence-corrected chi connectivity index (χ3v) is 3.16. The molecule has 16 heavy (non-hydrogen) atoms. The van der Waals surface area contributed by atoms with Crippen LogP contribution in [0, 0.1) is 0 Å². The fraction of sp³-hybridized carbons (Fsp3) is 1.00. The van der Waals surface area contributed by atoms with Gasteiger partial charge in [0.2, 0.25) is 0 Å². The lowest BCUT2D eigenvalue weighted by Gasteiger charge is -2.35. The summed E-state index contributed by atoms with van der Waals surface area (Å²) in [5.41, 5.74) is 0. The molecule has 0 radical (unpaired) electrons. The molecule has 0 aromatic carbocycles. The zero-order valence-corrected chi connectivity index (χ0v) is 9.20. The molecule has 92 valence electrons. The van der Waals surface area contributed by atoms with Gasteiger partial charge in [0.25, 0.3) is 0 Å². The minimum atomic E-state index is -0.967. The molecule has 3 fully saturated rings. The van der Waals surface area contributed by atoms with Crippen molar-refractivity contribution in [3.63, 3.8) is 0 Å². The van der Waals surface area contributed by atoms with Crippen molar-refractivity contribution in [2.24, 2.45) is 0 Å². The minimum absolute atomic E-state index is 0.157. The Bertz CT molecular complexity index is 293. The lowest BCUT2D eigenvalue weighted by Crippen LogP contribution is -2.50. The summed E-state index contributed by atoms with van der Waals surface area (Å²) in [5.74, 6) is -0.711. The Morgan fingerprint density at radius 2 is 1.75 bits per heavy atom. The molecule has 3 saturated heterocycles. The second-order valence-electron chi connectivity index (χ2n) is 4.93. The van der Waals surface area contributed by atoms with E-state index in [1.807, 2.05) is 0 Å². The van der Waals surface area contributed by atoms with Crippen LogP contribution >= 0.6 is 0 Å². The molecule has 0 saturated carbocycles. The third kappa shape index (κ3) is 1.57. The van der Waals surface area contributed by atoms with E-state index in [-0.39, 0.29) is 12.5 Å². The molecule has 0 amide bonds. The third-order valence-electron chi connectivity index (χ3n) is 3.16. The summed E-state index contributed by atoms with van der Waals surface area (Å²) in [5, 5.41) is 19.2. The molecular weight excluding hydrogens is 216 g/mol. The Labute approximate surface area is 93.0 Å². The van der Waals surface area contributed by atoms with Crippen molar-refractivity contribution in [2.75, 3.05) is 0 Å². The predicted molar refractivity (Wildman–Crippen MR) is 50.2 cm³/mol. The monoisotopic (exact) mass is 232 g/mol. The van der Waals surface area contributed by atoms with Crippen molar-refractivity contribution in [3.8, 4) is 0 Å². The Kier molecular flexibility index (Phi) is 2.30. The predicted octanol–water partition coefficient (Wildman–Crippen LogP) is -0.669. The van der Waals surface area contributed by atoms with Crippen LogP contribution < -0.4 is 0 Å². The van der Waals surface area contributed by atoms with Crippen LogP contribution in [0.4, 0.5) is 0 Å². The van der Waals surface area contributed by atoms with Gasteiger partial charge >= 0.3 is 0 Å². The van der Waals surface area contributed by atoms with E-state index in [0.717, 1.165) is 0 Å². The first-order valence-corrected chi connectivity index (χ1v) is 5.49. The second-order valence-corrected chi connectivity index (χ2v) is 4.93. The SMILES string of the molecule is CC1(C)O[C@@H]2O[C@H]3[C@@H](O[C@@H](O)C[C@@H]3O)[C@@H]2O1. The van der Waals surface area contributed by atoms with Gasteiger partial charge in [0.15, 0.2) is 18.4 Å². The van der Waals surface area contributed by atoms with E-state index < -0.39 is 36.7 Å². The number of aliphatic hydroxyl groups is 2. The second kappa shape index (κ2) is 3.38. The average molecular weight is 232 g/mol. The van der Waals surface area contributed by atoms with E-state index >= 15 is 0 Å². The topological polar surface area (TPSA) is 77.4 Å². The summed E-state index contributed by atoms with van der Waals surface area (Å²) in [4.78, 5) is 0. The molecule has 6 atom stereocenters. The molecule has 3 aliphatic heterocycles. The van der Waals surface area contributed by atoms with Crippen LogP contribution in [0.15, 0.2) is 0 Å². The minimum Gasteiger partial charge on any atom is -0.390 e. The van der Waals surface area contributed by atoms with E-state index in [1.165, 1.54) is 0 Å². The van der Waals surface area contributed by atoms with Crippen molar-refractivity contribution < 1.29 is 29.2 Å². The molecule has 6 heteroatoms. The van der Waals surface area contributed by atoms with Crippen molar-refractivity contribution >= 4 is 0 Å². The lowest BCUT2D eigenvalue weighted by atomic mass is 10.00. The van der Waals surface area contributed by atoms with E-state index in [9.17, 15) is 10.2 Å².